The van der Waals surface area contributed by atoms with Crippen LogP contribution in [0.25, 0.3) is 0 Å². The first kappa shape index (κ1) is 25.6. The normalized spacial score (nSPS) is 18.2. The number of anilines is 1. The van der Waals surface area contributed by atoms with Crippen LogP contribution in [-0.4, -0.2) is 64.6 Å². The number of rotatable bonds is 7. The molecule has 2 fully saturated rings. The van der Waals surface area contributed by atoms with Gasteiger partial charge in [0.05, 0.1) is 22.5 Å². The zero-order chi connectivity index (χ0) is 25.1. The average Bonchev–Trinajstić information content (AvgIpc) is 3.27. The Labute approximate surface area is 207 Å². The van der Waals surface area contributed by atoms with E-state index in [0.717, 1.165) is 38.5 Å². The van der Waals surface area contributed by atoms with Gasteiger partial charge in [-0.05, 0) is 62.1 Å². The fourth-order valence-electron chi connectivity index (χ4n) is 4.47. The molecule has 11 heteroatoms. The van der Waals surface area contributed by atoms with Gasteiger partial charge in [-0.3, -0.25) is 4.79 Å². The topological polar surface area (TPSA) is 113 Å². The number of ether oxygens (including phenoxy) is 1. The van der Waals surface area contributed by atoms with Crippen molar-refractivity contribution in [3.8, 4) is 5.75 Å². The van der Waals surface area contributed by atoms with Gasteiger partial charge in [0.25, 0.3) is 5.91 Å². The molecular weight excluding hydrogens is 490 g/mol. The predicted molar refractivity (Wildman–Crippen MR) is 133 cm³/mol. The smallest absolute Gasteiger partial charge is 0.259 e. The number of carbonyl (C=O) groups excluding carboxylic acids is 1. The van der Waals surface area contributed by atoms with Crippen molar-refractivity contribution in [3.63, 3.8) is 0 Å². The van der Waals surface area contributed by atoms with Crippen molar-refractivity contribution in [3.05, 3.63) is 48.0 Å². The lowest BCUT2D eigenvalue weighted by molar-refractivity contribution is 0.102. The maximum Gasteiger partial charge on any atom is 0.259 e. The van der Waals surface area contributed by atoms with Crippen LogP contribution in [0.5, 0.6) is 5.75 Å². The molecule has 0 atom stereocenters. The standard InChI is InChI=1S/C24H31N3O6S2/c1-33-23-12-11-21(35(31,32)26-13-4-2-3-5-14-26)18-22(23)24(28)25-19-9-8-10-20(17-19)34(29,30)27-15-6-7-16-27/h8-12,17-18H,2-7,13-16H2,1H3,(H,25,28). The minimum atomic E-state index is -3.76. The SMILES string of the molecule is COc1ccc(S(=O)(=O)N2CCCCCC2)cc1C(=O)Nc1cccc(S(=O)(=O)N2CCCC2)c1. The highest BCUT2D eigenvalue weighted by Gasteiger charge is 2.29. The van der Waals surface area contributed by atoms with Gasteiger partial charge in [0, 0.05) is 31.9 Å². The van der Waals surface area contributed by atoms with Crippen molar-refractivity contribution in [1.82, 2.24) is 8.61 Å². The zero-order valence-corrected chi connectivity index (χ0v) is 21.4. The second-order valence-electron chi connectivity index (χ2n) is 8.77. The van der Waals surface area contributed by atoms with Crippen molar-refractivity contribution < 1.29 is 26.4 Å². The molecule has 0 saturated carbocycles. The summed E-state index contributed by atoms with van der Waals surface area (Å²) in [6.07, 6.45) is 5.25. The van der Waals surface area contributed by atoms with E-state index in [4.69, 9.17) is 4.74 Å². The Balaban J connectivity index is 1.60. The Morgan fingerprint density at radius 2 is 1.31 bits per heavy atom. The third-order valence-corrected chi connectivity index (χ3v) is 10.2. The van der Waals surface area contributed by atoms with Gasteiger partial charge in [0.15, 0.2) is 0 Å². The second-order valence-corrected chi connectivity index (χ2v) is 12.6. The minimum Gasteiger partial charge on any atom is -0.496 e. The Bertz CT molecular complexity index is 1280. The fraction of sp³-hybridized carbons (Fsp3) is 0.458. The zero-order valence-electron chi connectivity index (χ0n) is 19.8. The Kier molecular flexibility index (Phi) is 7.80. The molecule has 2 aromatic carbocycles. The van der Waals surface area contributed by atoms with Gasteiger partial charge >= 0.3 is 0 Å². The number of methoxy groups -OCH3 is 1. The lowest BCUT2D eigenvalue weighted by Crippen LogP contribution is -2.32. The molecule has 0 bridgehead atoms. The number of carbonyl (C=O) groups is 1. The molecule has 0 spiro atoms. The molecule has 2 aliphatic heterocycles. The van der Waals surface area contributed by atoms with Crippen LogP contribution in [0.1, 0.15) is 48.9 Å². The summed E-state index contributed by atoms with van der Waals surface area (Å²) >= 11 is 0. The van der Waals surface area contributed by atoms with Gasteiger partial charge in [0.1, 0.15) is 5.75 Å². The van der Waals surface area contributed by atoms with E-state index < -0.39 is 26.0 Å². The molecule has 9 nitrogen and oxygen atoms in total. The number of nitrogens with one attached hydrogen (secondary N) is 1. The summed E-state index contributed by atoms with van der Waals surface area (Å²) in [7, 11) is -6.00. The molecule has 2 saturated heterocycles. The van der Waals surface area contributed by atoms with Crippen LogP contribution in [0.2, 0.25) is 0 Å². The number of hydrogen-bond donors (Lipinski definition) is 1. The van der Waals surface area contributed by atoms with Crippen LogP contribution in [0.15, 0.2) is 52.3 Å². The molecule has 1 amide bonds. The van der Waals surface area contributed by atoms with Gasteiger partial charge in [0.2, 0.25) is 20.0 Å². The van der Waals surface area contributed by atoms with E-state index in [0.29, 0.717) is 26.2 Å². The van der Waals surface area contributed by atoms with Crippen molar-refractivity contribution in [2.45, 2.75) is 48.3 Å². The Morgan fingerprint density at radius 1 is 0.771 bits per heavy atom. The van der Waals surface area contributed by atoms with Crippen LogP contribution in [0, 0.1) is 0 Å². The Hall–Kier alpha value is -2.47. The van der Waals surface area contributed by atoms with Gasteiger partial charge < -0.3 is 10.1 Å². The first-order chi connectivity index (χ1) is 16.7. The first-order valence-electron chi connectivity index (χ1n) is 11.8. The van der Waals surface area contributed by atoms with Gasteiger partial charge in [-0.25, -0.2) is 16.8 Å². The molecule has 4 rings (SSSR count). The molecule has 0 radical (unpaired) electrons. The predicted octanol–water partition coefficient (Wildman–Crippen LogP) is 3.30. The number of benzene rings is 2. The number of sulfonamides is 2. The molecule has 0 unspecified atom stereocenters. The summed E-state index contributed by atoms with van der Waals surface area (Å²) in [4.78, 5) is 13.3. The maximum absolute atomic E-state index is 13.2. The number of hydrogen-bond acceptors (Lipinski definition) is 6. The summed E-state index contributed by atoms with van der Waals surface area (Å²) in [5.41, 5.74) is 0.342. The van der Waals surface area contributed by atoms with Crippen molar-refractivity contribution in [2.75, 3.05) is 38.6 Å². The van der Waals surface area contributed by atoms with E-state index in [2.05, 4.69) is 5.32 Å². The van der Waals surface area contributed by atoms with Gasteiger partial charge in [-0.15, -0.1) is 0 Å². The summed E-state index contributed by atoms with van der Waals surface area (Å²) in [5.74, 6) is -0.372. The largest absolute Gasteiger partial charge is 0.496 e. The van der Waals surface area contributed by atoms with Crippen LogP contribution in [0.4, 0.5) is 5.69 Å². The maximum atomic E-state index is 13.2. The fourth-order valence-corrected chi connectivity index (χ4v) is 7.57. The Morgan fingerprint density at radius 3 is 1.89 bits per heavy atom. The van der Waals surface area contributed by atoms with E-state index in [1.807, 2.05) is 0 Å². The first-order valence-corrected chi connectivity index (χ1v) is 14.7. The lowest BCUT2D eigenvalue weighted by atomic mass is 10.2. The van der Waals surface area contributed by atoms with Crippen LogP contribution < -0.4 is 10.1 Å². The number of amides is 1. The lowest BCUT2D eigenvalue weighted by Gasteiger charge is -2.21. The third-order valence-electron chi connectivity index (χ3n) is 6.41. The summed E-state index contributed by atoms with van der Waals surface area (Å²) in [6, 6.07) is 10.3. The highest BCUT2D eigenvalue weighted by molar-refractivity contribution is 7.89. The molecular formula is C24H31N3O6S2. The summed E-state index contributed by atoms with van der Waals surface area (Å²) < 4.78 is 60.5. The molecule has 0 aliphatic carbocycles. The van der Waals surface area contributed by atoms with E-state index in [-0.39, 0.29) is 26.8 Å². The highest BCUT2D eigenvalue weighted by atomic mass is 32.2. The van der Waals surface area contributed by atoms with E-state index >= 15 is 0 Å². The minimum absolute atomic E-state index is 0.0238. The summed E-state index contributed by atoms with van der Waals surface area (Å²) in [6.45, 7) is 1.87. The average molecular weight is 522 g/mol. The quantitative estimate of drug-likeness (QED) is 0.598. The van der Waals surface area contributed by atoms with Crippen LogP contribution in [-0.2, 0) is 20.0 Å². The van der Waals surface area contributed by atoms with Crippen molar-refractivity contribution in [2.24, 2.45) is 0 Å². The molecule has 35 heavy (non-hydrogen) atoms. The van der Waals surface area contributed by atoms with Crippen molar-refractivity contribution in [1.29, 1.82) is 0 Å². The molecule has 2 heterocycles. The molecule has 2 aromatic rings. The van der Waals surface area contributed by atoms with Crippen LogP contribution >= 0.6 is 0 Å². The van der Waals surface area contributed by atoms with E-state index in [1.165, 1.54) is 46.1 Å². The highest BCUT2D eigenvalue weighted by Crippen LogP contribution is 2.28. The monoisotopic (exact) mass is 521 g/mol. The van der Waals surface area contributed by atoms with E-state index in [1.54, 1.807) is 12.1 Å². The van der Waals surface area contributed by atoms with Gasteiger partial charge in [-0.1, -0.05) is 18.9 Å². The molecule has 2 aliphatic rings. The summed E-state index contributed by atoms with van der Waals surface area (Å²) in [5, 5.41) is 2.69. The number of nitrogens with zero attached hydrogens (tertiary/aromatic N) is 2. The molecule has 190 valence electrons. The van der Waals surface area contributed by atoms with Crippen LogP contribution in [0.3, 0.4) is 0 Å². The second kappa shape index (κ2) is 10.7. The van der Waals surface area contributed by atoms with Crippen molar-refractivity contribution >= 4 is 31.6 Å². The van der Waals surface area contributed by atoms with Gasteiger partial charge in [-0.2, -0.15) is 8.61 Å². The molecule has 1 N–H and O–H groups in total. The third kappa shape index (κ3) is 5.53. The molecule has 0 aromatic heterocycles. The van der Waals surface area contributed by atoms with E-state index in [9.17, 15) is 21.6 Å².